The summed E-state index contributed by atoms with van der Waals surface area (Å²) in [6, 6.07) is 21.9. The second kappa shape index (κ2) is 11.9. The van der Waals surface area contributed by atoms with E-state index in [1.165, 1.54) is 30.1 Å². The minimum atomic E-state index is -3.76. The fourth-order valence-electron chi connectivity index (χ4n) is 6.34. The van der Waals surface area contributed by atoms with Gasteiger partial charge < -0.3 is 34.6 Å². The van der Waals surface area contributed by atoms with Gasteiger partial charge in [-0.3, -0.25) is 4.57 Å². The molecule has 1 aliphatic heterocycles. The average molecular weight is 647 g/mol. The van der Waals surface area contributed by atoms with E-state index in [4.69, 9.17) is 14.2 Å². The predicted molar refractivity (Wildman–Crippen MR) is 164 cm³/mol. The molecule has 0 saturated carbocycles. The van der Waals surface area contributed by atoms with E-state index in [-0.39, 0.29) is 36.5 Å². The molecule has 1 saturated heterocycles. The predicted octanol–water partition coefficient (Wildman–Crippen LogP) is 3.70. The van der Waals surface area contributed by atoms with Crippen molar-refractivity contribution >= 4 is 11.2 Å². The molecule has 4 N–H and O–H groups in total. The smallest absolute Gasteiger partial charge is 0.309 e. The number of fused-ring (bicyclic) bond motifs is 2. The summed E-state index contributed by atoms with van der Waals surface area (Å²) in [5.41, 5.74) is -0.463. The van der Waals surface area contributed by atoms with Crippen LogP contribution in [-0.2, 0) is 16.8 Å². The Morgan fingerprint density at radius 3 is 2.49 bits per heavy atom. The number of hydrogen-bond donors (Lipinski definition) is 4. The van der Waals surface area contributed by atoms with Crippen molar-refractivity contribution in [2.75, 3.05) is 13.7 Å². The lowest BCUT2D eigenvalue weighted by Gasteiger charge is -2.32. The maximum atomic E-state index is 15.1. The topological polar surface area (TPSA) is 152 Å². The Morgan fingerprint density at radius 1 is 0.936 bits per heavy atom. The zero-order valence-corrected chi connectivity index (χ0v) is 25.1. The van der Waals surface area contributed by atoms with Crippen molar-refractivity contribution in [2.45, 2.75) is 55.0 Å². The number of rotatable bonds is 9. The monoisotopic (exact) mass is 646 g/mol. The van der Waals surface area contributed by atoms with E-state index in [2.05, 4.69) is 15.0 Å². The van der Waals surface area contributed by atoms with Gasteiger partial charge in [-0.05, 0) is 41.7 Å². The Morgan fingerprint density at radius 2 is 1.70 bits per heavy atom. The highest BCUT2D eigenvalue weighted by atomic mass is 19.3. The Labute approximate surface area is 267 Å². The highest BCUT2D eigenvalue weighted by Gasteiger charge is 2.64. The number of benzene rings is 3. The summed E-state index contributed by atoms with van der Waals surface area (Å²) in [5.74, 6) is -2.77. The van der Waals surface area contributed by atoms with Gasteiger partial charge in [-0.25, -0.2) is 9.97 Å². The Balaban J connectivity index is 1.05. The van der Waals surface area contributed by atoms with Gasteiger partial charge >= 0.3 is 5.92 Å². The summed E-state index contributed by atoms with van der Waals surface area (Å²) in [7, 11) is 1.47. The van der Waals surface area contributed by atoms with Crippen LogP contribution in [0, 0.1) is 0 Å². The third-order valence-electron chi connectivity index (χ3n) is 8.91. The summed E-state index contributed by atoms with van der Waals surface area (Å²) in [6.07, 6.45) is -5.59. The van der Waals surface area contributed by atoms with E-state index in [1.807, 2.05) is 30.3 Å². The second-order valence-electron chi connectivity index (χ2n) is 11.7. The quantitative estimate of drug-likeness (QED) is 0.187. The lowest BCUT2D eigenvalue weighted by Crippen LogP contribution is -2.44. The van der Waals surface area contributed by atoms with Crippen LogP contribution in [0.25, 0.3) is 22.6 Å². The molecule has 6 atom stereocenters. The maximum absolute atomic E-state index is 15.1. The molecule has 13 heteroatoms. The summed E-state index contributed by atoms with van der Waals surface area (Å²) >= 11 is 0. The SMILES string of the molecule is COc1nc(-c2ccccc2)nc2c1ncn2[C@@H]1O[C@H](COc2cccc(CC[C@]3(O)c4ccccc4[C@@H](O)C3(F)F)c2)[C@@H](O)[C@H]1O. The number of hydrogen-bond acceptors (Lipinski definition) is 10. The summed E-state index contributed by atoms with van der Waals surface area (Å²) < 4.78 is 49.1. The minimum absolute atomic E-state index is 0.0113. The molecular weight excluding hydrogens is 614 g/mol. The largest absolute Gasteiger partial charge is 0.491 e. The molecule has 5 aromatic rings. The average Bonchev–Trinajstić information content (AvgIpc) is 3.69. The molecule has 11 nitrogen and oxygen atoms in total. The maximum Gasteiger partial charge on any atom is 0.309 e. The fourth-order valence-corrected chi connectivity index (χ4v) is 6.34. The van der Waals surface area contributed by atoms with E-state index in [1.54, 1.807) is 36.4 Å². The molecule has 1 fully saturated rings. The second-order valence-corrected chi connectivity index (χ2v) is 11.7. The molecule has 2 aromatic heterocycles. The van der Waals surface area contributed by atoms with Crippen molar-refractivity contribution in [3.8, 4) is 23.0 Å². The van der Waals surface area contributed by atoms with Gasteiger partial charge in [0.05, 0.1) is 13.4 Å². The molecule has 0 bridgehead atoms. The number of halogens is 2. The van der Waals surface area contributed by atoms with Gasteiger partial charge in [-0.2, -0.15) is 13.8 Å². The van der Waals surface area contributed by atoms with E-state index in [9.17, 15) is 20.4 Å². The van der Waals surface area contributed by atoms with Gasteiger partial charge in [-0.15, -0.1) is 0 Å². The zero-order chi connectivity index (χ0) is 32.9. The van der Waals surface area contributed by atoms with Crippen molar-refractivity contribution in [3.63, 3.8) is 0 Å². The number of aliphatic hydroxyl groups excluding tert-OH is 3. The van der Waals surface area contributed by atoms with Gasteiger partial charge in [0.2, 0.25) is 5.88 Å². The minimum Gasteiger partial charge on any atom is -0.491 e. The number of aryl methyl sites for hydroxylation is 1. The number of aliphatic hydroxyl groups is 4. The van der Waals surface area contributed by atoms with Gasteiger partial charge in [-0.1, -0.05) is 66.7 Å². The number of aromatic nitrogens is 4. The van der Waals surface area contributed by atoms with Crippen LogP contribution in [0.1, 0.15) is 35.4 Å². The van der Waals surface area contributed by atoms with Crippen LogP contribution >= 0.6 is 0 Å². The van der Waals surface area contributed by atoms with Crippen molar-refractivity contribution in [1.29, 1.82) is 0 Å². The Kier molecular flexibility index (Phi) is 7.89. The molecule has 2 aliphatic rings. The molecule has 0 amide bonds. The van der Waals surface area contributed by atoms with Gasteiger partial charge in [0, 0.05) is 5.56 Å². The molecule has 0 radical (unpaired) electrons. The standard InChI is InChI=1S/C34H32F2N4O7/c1-45-31-25-30(38-29(39-31)20-9-3-2-4-10-20)40(18-37-25)32-27(42)26(41)24(47-32)17-46-21-11-7-8-19(16-21)14-15-33(44)23-13-6-5-12-22(23)28(43)34(33,35)36/h2-13,16,18,24,26-28,32,41-44H,14-15,17H2,1H3/t24-,26-,27-,28-,32-,33+/m1/s1. The van der Waals surface area contributed by atoms with Crippen molar-refractivity contribution in [3.05, 3.63) is 102 Å². The van der Waals surface area contributed by atoms with Gasteiger partial charge in [0.15, 0.2) is 28.8 Å². The lowest BCUT2D eigenvalue weighted by atomic mass is 9.86. The van der Waals surface area contributed by atoms with Crippen LogP contribution in [0.2, 0.25) is 0 Å². The molecule has 3 heterocycles. The van der Waals surface area contributed by atoms with E-state index < -0.39 is 42.2 Å². The number of imidazole rings is 1. The molecule has 47 heavy (non-hydrogen) atoms. The van der Waals surface area contributed by atoms with E-state index in [0.717, 1.165) is 5.56 Å². The van der Waals surface area contributed by atoms with Crippen LogP contribution in [0.4, 0.5) is 8.78 Å². The highest BCUT2D eigenvalue weighted by Crippen LogP contribution is 2.56. The first-order chi connectivity index (χ1) is 22.6. The molecule has 7 rings (SSSR count). The molecule has 244 valence electrons. The fraction of sp³-hybridized carbons (Fsp3) is 0.324. The molecular formula is C34H32F2N4O7. The first-order valence-corrected chi connectivity index (χ1v) is 15.1. The summed E-state index contributed by atoms with van der Waals surface area (Å²) in [6.45, 7) is -0.139. The third kappa shape index (κ3) is 5.20. The first-order valence-electron chi connectivity index (χ1n) is 15.1. The van der Waals surface area contributed by atoms with Crippen molar-refractivity contribution in [2.24, 2.45) is 0 Å². The van der Waals surface area contributed by atoms with Crippen molar-refractivity contribution in [1.82, 2.24) is 19.5 Å². The summed E-state index contributed by atoms with van der Waals surface area (Å²) in [5, 5.41) is 43.2. The number of nitrogens with zero attached hydrogens (tertiary/aromatic N) is 4. The van der Waals surface area contributed by atoms with Gasteiger partial charge in [0.1, 0.15) is 36.8 Å². The van der Waals surface area contributed by atoms with Crippen LogP contribution in [0.3, 0.4) is 0 Å². The summed E-state index contributed by atoms with van der Waals surface area (Å²) in [4.78, 5) is 13.5. The van der Waals surface area contributed by atoms with Crippen LogP contribution < -0.4 is 9.47 Å². The molecule has 0 spiro atoms. The molecule has 0 unspecified atom stereocenters. The Bertz CT molecular complexity index is 1910. The number of ether oxygens (including phenoxy) is 3. The first kappa shape index (κ1) is 31.1. The normalized spacial score (nSPS) is 26.4. The number of methoxy groups -OCH3 is 1. The highest BCUT2D eigenvalue weighted by molar-refractivity contribution is 5.79. The number of alkyl halides is 2. The van der Waals surface area contributed by atoms with Gasteiger partial charge in [0.25, 0.3) is 0 Å². The van der Waals surface area contributed by atoms with Crippen LogP contribution in [-0.4, -0.2) is 77.9 Å². The lowest BCUT2D eigenvalue weighted by molar-refractivity contribution is -0.226. The third-order valence-corrected chi connectivity index (χ3v) is 8.91. The molecule has 1 aliphatic carbocycles. The van der Waals surface area contributed by atoms with Crippen molar-refractivity contribution < 1.29 is 43.4 Å². The van der Waals surface area contributed by atoms with E-state index in [0.29, 0.717) is 28.3 Å². The van der Waals surface area contributed by atoms with Crippen LogP contribution in [0.5, 0.6) is 11.6 Å². The van der Waals surface area contributed by atoms with Crippen LogP contribution in [0.15, 0.2) is 85.2 Å². The zero-order valence-electron chi connectivity index (χ0n) is 25.1. The van der Waals surface area contributed by atoms with E-state index >= 15 is 8.78 Å². The Hall–Kier alpha value is -4.53. The molecule has 3 aromatic carbocycles.